The van der Waals surface area contributed by atoms with Gasteiger partial charge in [0.25, 0.3) is 5.82 Å². The molecule has 120 valence electrons. The number of aryl methyl sites for hydroxylation is 1. The zero-order valence-electron chi connectivity index (χ0n) is 11.5. The van der Waals surface area contributed by atoms with E-state index in [-0.39, 0.29) is 16.8 Å². The molecule has 0 fully saturated rings. The lowest BCUT2D eigenvalue weighted by atomic mass is 9.98. The Morgan fingerprint density at radius 1 is 1.05 bits per heavy atom. The van der Waals surface area contributed by atoms with Crippen LogP contribution in [-0.2, 0) is 12.6 Å². The first-order valence-electron chi connectivity index (χ1n) is 6.14. The number of hydrogen-bond acceptors (Lipinski definition) is 2. The molecule has 1 heterocycles. The predicted molar refractivity (Wildman–Crippen MR) is 65.6 cm³/mol. The van der Waals surface area contributed by atoms with Crippen molar-refractivity contribution >= 4 is 0 Å². The molecular weight excluding hydrogens is 312 g/mol. The largest absolute Gasteiger partial charge is 0.453 e. The van der Waals surface area contributed by atoms with E-state index in [9.17, 15) is 26.3 Å². The van der Waals surface area contributed by atoms with Crippen molar-refractivity contribution in [1.29, 1.82) is 0 Å². The molecule has 0 aliphatic rings. The highest BCUT2D eigenvalue weighted by Crippen LogP contribution is 2.30. The predicted octanol–water partition coefficient (Wildman–Crippen LogP) is 4.01. The molecule has 9 heteroatoms. The van der Waals surface area contributed by atoms with E-state index >= 15 is 0 Å². The van der Waals surface area contributed by atoms with E-state index in [4.69, 9.17) is 0 Å². The van der Waals surface area contributed by atoms with Crippen molar-refractivity contribution in [2.24, 2.45) is 0 Å². The second kappa shape index (κ2) is 5.29. The van der Waals surface area contributed by atoms with E-state index in [1.165, 1.54) is 26.0 Å². The van der Waals surface area contributed by atoms with Crippen LogP contribution < -0.4 is 0 Å². The second-order valence-electron chi connectivity index (χ2n) is 4.81. The van der Waals surface area contributed by atoms with Gasteiger partial charge in [0.15, 0.2) is 0 Å². The fourth-order valence-electron chi connectivity index (χ4n) is 2.11. The Balaban J connectivity index is 2.49. The van der Waals surface area contributed by atoms with Gasteiger partial charge in [-0.15, -0.1) is 5.10 Å². The molecule has 0 spiro atoms. The summed E-state index contributed by atoms with van der Waals surface area (Å²) in [5.41, 5.74) is 0.785. The molecule has 0 aliphatic heterocycles. The third kappa shape index (κ3) is 3.40. The Morgan fingerprint density at radius 2 is 1.68 bits per heavy atom. The molecule has 0 saturated heterocycles. The Hall–Kier alpha value is -2.06. The molecule has 0 radical (unpaired) electrons. The first kappa shape index (κ1) is 16.3. The van der Waals surface area contributed by atoms with E-state index in [0.717, 1.165) is 11.0 Å². The average molecular weight is 323 g/mol. The summed E-state index contributed by atoms with van der Waals surface area (Å²) in [6.45, 7) is 2.93. The molecule has 0 aliphatic carbocycles. The minimum absolute atomic E-state index is 0.0223. The quantitative estimate of drug-likeness (QED) is 0.782. The van der Waals surface area contributed by atoms with Gasteiger partial charge in [0.05, 0.1) is 12.1 Å². The topological polar surface area (TPSA) is 30.7 Å². The summed E-state index contributed by atoms with van der Waals surface area (Å²) in [4.78, 5) is 3.14. The van der Waals surface area contributed by atoms with Crippen LogP contribution in [0.15, 0.2) is 18.5 Å². The smallest absolute Gasteiger partial charge is 0.220 e. The number of benzene rings is 1. The van der Waals surface area contributed by atoms with E-state index in [1.807, 2.05) is 0 Å². The summed E-state index contributed by atoms with van der Waals surface area (Å²) in [7, 11) is 0. The molecule has 0 bridgehead atoms. The fraction of sp³-hybridized carbons (Fsp3) is 0.385. The highest BCUT2D eigenvalue weighted by molar-refractivity contribution is 5.48. The normalized spacial score (nSPS) is 12.7. The van der Waals surface area contributed by atoms with Gasteiger partial charge in [-0.25, -0.2) is 9.67 Å². The summed E-state index contributed by atoms with van der Waals surface area (Å²) in [5, 5.41) is 3.28. The first-order valence-corrected chi connectivity index (χ1v) is 6.14. The molecule has 0 unspecified atom stereocenters. The zero-order valence-corrected chi connectivity index (χ0v) is 11.5. The zero-order chi connectivity index (χ0) is 16.7. The van der Waals surface area contributed by atoms with Crippen LogP contribution >= 0.6 is 0 Å². The monoisotopic (exact) mass is 323 g/mol. The first-order chi connectivity index (χ1) is 9.99. The van der Waals surface area contributed by atoms with Crippen LogP contribution in [-0.4, -0.2) is 20.9 Å². The van der Waals surface area contributed by atoms with Crippen molar-refractivity contribution < 1.29 is 26.3 Å². The third-order valence-electron chi connectivity index (χ3n) is 3.17. The van der Waals surface area contributed by atoms with E-state index in [2.05, 4.69) is 10.1 Å². The van der Waals surface area contributed by atoms with Crippen molar-refractivity contribution in [3.05, 3.63) is 41.0 Å². The number of alkyl halides is 6. The molecule has 1 aromatic heterocycles. The highest BCUT2D eigenvalue weighted by Gasteiger charge is 2.36. The summed E-state index contributed by atoms with van der Waals surface area (Å²) < 4.78 is 76.2. The molecule has 1 aromatic carbocycles. The molecule has 0 amide bonds. The van der Waals surface area contributed by atoms with Crippen LogP contribution in [0.1, 0.15) is 22.5 Å². The van der Waals surface area contributed by atoms with E-state index < -0.39 is 24.6 Å². The molecular formula is C13H11F6N3. The summed E-state index contributed by atoms with van der Waals surface area (Å²) in [6.07, 6.45) is -9.44. The Bertz CT molecular complexity index is 684. The maximum absolute atomic E-state index is 12.6. The lowest BCUT2D eigenvalue weighted by molar-refractivity contribution is -0.144. The molecule has 0 atom stereocenters. The van der Waals surface area contributed by atoms with Gasteiger partial charge in [-0.05, 0) is 36.6 Å². The van der Waals surface area contributed by atoms with Gasteiger partial charge in [-0.2, -0.15) is 26.3 Å². The SMILES string of the molecule is Cc1ccc(-n2cnc(C(F)(F)F)n2)c(C)c1CC(F)(F)F. The standard InChI is InChI=1S/C13H11F6N3/c1-7-3-4-10(8(2)9(7)5-12(14,15)16)22-6-20-11(21-22)13(17,18)19/h3-4,6H,5H2,1-2H3. The number of aromatic nitrogens is 3. The number of nitrogens with zero attached hydrogens (tertiary/aromatic N) is 3. The van der Waals surface area contributed by atoms with Crippen LogP contribution in [0.2, 0.25) is 0 Å². The minimum atomic E-state index is -4.71. The molecule has 22 heavy (non-hydrogen) atoms. The van der Waals surface area contributed by atoms with Crippen LogP contribution in [0.25, 0.3) is 5.69 Å². The van der Waals surface area contributed by atoms with Crippen molar-refractivity contribution in [2.75, 3.05) is 0 Å². The average Bonchev–Trinajstić information content (AvgIpc) is 2.82. The summed E-state index contributed by atoms with van der Waals surface area (Å²) in [5.74, 6) is -1.34. The fourth-order valence-corrected chi connectivity index (χ4v) is 2.11. The number of halogens is 6. The van der Waals surface area contributed by atoms with Crippen LogP contribution in [0.5, 0.6) is 0 Å². The van der Waals surface area contributed by atoms with Gasteiger partial charge in [-0.3, -0.25) is 0 Å². The highest BCUT2D eigenvalue weighted by atomic mass is 19.4. The van der Waals surface area contributed by atoms with Gasteiger partial charge in [0, 0.05) is 0 Å². The molecule has 2 rings (SSSR count). The molecule has 0 saturated carbocycles. The number of hydrogen-bond donors (Lipinski definition) is 0. The second-order valence-corrected chi connectivity index (χ2v) is 4.81. The molecule has 2 aromatic rings. The minimum Gasteiger partial charge on any atom is -0.220 e. The van der Waals surface area contributed by atoms with Gasteiger partial charge >= 0.3 is 12.4 Å². The summed E-state index contributed by atoms with van der Waals surface area (Å²) >= 11 is 0. The Kier molecular flexibility index (Phi) is 3.92. The Labute approximate surface area is 121 Å². The van der Waals surface area contributed by atoms with E-state index in [1.54, 1.807) is 0 Å². The maximum Gasteiger partial charge on any atom is 0.453 e. The van der Waals surface area contributed by atoms with E-state index in [0.29, 0.717) is 5.56 Å². The maximum atomic E-state index is 12.6. The number of rotatable bonds is 2. The molecule has 0 N–H and O–H groups in total. The Morgan fingerprint density at radius 3 is 2.18 bits per heavy atom. The van der Waals surface area contributed by atoms with Crippen LogP contribution in [0.4, 0.5) is 26.3 Å². The van der Waals surface area contributed by atoms with Crippen molar-refractivity contribution in [1.82, 2.24) is 14.8 Å². The third-order valence-corrected chi connectivity index (χ3v) is 3.17. The lowest BCUT2D eigenvalue weighted by Crippen LogP contribution is -2.15. The molecule has 3 nitrogen and oxygen atoms in total. The van der Waals surface area contributed by atoms with Gasteiger partial charge in [-0.1, -0.05) is 6.07 Å². The van der Waals surface area contributed by atoms with Crippen molar-refractivity contribution in [3.8, 4) is 5.69 Å². The van der Waals surface area contributed by atoms with Gasteiger partial charge < -0.3 is 0 Å². The summed E-state index contributed by atoms with van der Waals surface area (Å²) in [6, 6.07) is 2.83. The van der Waals surface area contributed by atoms with Gasteiger partial charge in [0.1, 0.15) is 6.33 Å². The van der Waals surface area contributed by atoms with Crippen molar-refractivity contribution in [3.63, 3.8) is 0 Å². The van der Waals surface area contributed by atoms with Crippen LogP contribution in [0, 0.1) is 13.8 Å². The van der Waals surface area contributed by atoms with Crippen LogP contribution in [0.3, 0.4) is 0 Å². The lowest BCUT2D eigenvalue weighted by Gasteiger charge is -2.15. The van der Waals surface area contributed by atoms with Gasteiger partial charge in [0.2, 0.25) is 0 Å². The van der Waals surface area contributed by atoms with Crippen molar-refractivity contribution in [2.45, 2.75) is 32.6 Å².